The van der Waals surface area contributed by atoms with E-state index in [4.69, 9.17) is 4.74 Å². The first-order chi connectivity index (χ1) is 7.54. The van der Waals surface area contributed by atoms with Crippen LogP contribution in [0.3, 0.4) is 0 Å². The van der Waals surface area contributed by atoms with Crippen molar-refractivity contribution in [2.75, 3.05) is 6.54 Å². The van der Waals surface area contributed by atoms with E-state index >= 15 is 0 Å². The number of aryl methyl sites for hydroxylation is 1. The van der Waals surface area contributed by atoms with Crippen LogP contribution < -0.4 is 10.1 Å². The molecule has 0 unspecified atom stereocenters. The summed E-state index contributed by atoms with van der Waals surface area (Å²) in [4.78, 5) is 0. The van der Waals surface area contributed by atoms with Gasteiger partial charge in [-0.05, 0) is 45.0 Å². The molecule has 0 amide bonds. The van der Waals surface area contributed by atoms with Crippen molar-refractivity contribution in [3.63, 3.8) is 0 Å². The smallest absolute Gasteiger partial charge is 0.127 e. The molecule has 1 aromatic carbocycles. The number of rotatable bonds is 5. The number of hydrogen-bond acceptors (Lipinski definition) is 2. The van der Waals surface area contributed by atoms with Crippen LogP contribution in [0.25, 0.3) is 0 Å². The SMILES string of the molecule is CCNCc1cc(Br)cc(C)c1OC(C)C. The predicted octanol–water partition coefficient (Wildman–Crippen LogP) is 3.65. The number of benzene rings is 1. The summed E-state index contributed by atoms with van der Waals surface area (Å²) in [6.07, 6.45) is 0.209. The van der Waals surface area contributed by atoms with Crippen molar-refractivity contribution in [2.45, 2.75) is 40.3 Å². The fourth-order valence-electron chi connectivity index (χ4n) is 1.59. The topological polar surface area (TPSA) is 21.3 Å². The van der Waals surface area contributed by atoms with Gasteiger partial charge in [0.15, 0.2) is 0 Å². The van der Waals surface area contributed by atoms with Gasteiger partial charge in [-0.25, -0.2) is 0 Å². The van der Waals surface area contributed by atoms with Gasteiger partial charge >= 0.3 is 0 Å². The van der Waals surface area contributed by atoms with E-state index in [9.17, 15) is 0 Å². The summed E-state index contributed by atoms with van der Waals surface area (Å²) >= 11 is 3.52. The van der Waals surface area contributed by atoms with Crippen molar-refractivity contribution in [1.29, 1.82) is 0 Å². The Morgan fingerprint density at radius 1 is 1.38 bits per heavy atom. The van der Waals surface area contributed by atoms with Crippen molar-refractivity contribution in [1.82, 2.24) is 5.32 Å². The summed E-state index contributed by atoms with van der Waals surface area (Å²) in [5.74, 6) is 1.01. The van der Waals surface area contributed by atoms with Crippen LogP contribution in [0.1, 0.15) is 31.9 Å². The molecule has 0 spiro atoms. The highest BCUT2D eigenvalue weighted by molar-refractivity contribution is 9.10. The Labute approximate surface area is 107 Å². The Morgan fingerprint density at radius 2 is 2.06 bits per heavy atom. The zero-order chi connectivity index (χ0) is 12.1. The lowest BCUT2D eigenvalue weighted by Gasteiger charge is -2.17. The normalized spacial score (nSPS) is 10.9. The third-order valence-electron chi connectivity index (χ3n) is 2.24. The lowest BCUT2D eigenvalue weighted by molar-refractivity contribution is 0.238. The zero-order valence-corrected chi connectivity index (χ0v) is 12.0. The Hall–Kier alpha value is -0.540. The monoisotopic (exact) mass is 285 g/mol. The van der Waals surface area contributed by atoms with Crippen LogP contribution >= 0.6 is 15.9 Å². The molecule has 0 bridgehead atoms. The summed E-state index contributed by atoms with van der Waals surface area (Å²) in [5, 5.41) is 3.33. The molecule has 0 heterocycles. The van der Waals surface area contributed by atoms with Gasteiger partial charge in [0.2, 0.25) is 0 Å². The van der Waals surface area contributed by atoms with Crippen molar-refractivity contribution in [3.8, 4) is 5.75 Å². The van der Waals surface area contributed by atoms with E-state index in [2.05, 4.69) is 61.1 Å². The molecule has 16 heavy (non-hydrogen) atoms. The fourth-order valence-corrected chi connectivity index (χ4v) is 2.21. The van der Waals surface area contributed by atoms with Gasteiger partial charge in [-0.2, -0.15) is 0 Å². The second-order valence-electron chi connectivity index (χ2n) is 4.16. The third kappa shape index (κ3) is 3.80. The van der Waals surface area contributed by atoms with Crippen molar-refractivity contribution >= 4 is 15.9 Å². The van der Waals surface area contributed by atoms with E-state index in [1.807, 2.05) is 0 Å². The number of halogens is 1. The van der Waals surface area contributed by atoms with Crippen LogP contribution in [0.15, 0.2) is 16.6 Å². The molecule has 2 nitrogen and oxygen atoms in total. The van der Waals surface area contributed by atoms with Crippen molar-refractivity contribution < 1.29 is 4.74 Å². The van der Waals surface area contributed by atoms with Crippen LogP contribution in [-0.2, 0) is 6.54 Å². The van der Waals surface area contributed by atoms with E-state index in [1.165, 1.54) is 11.1 Å². The molecule has 0 aliphatic rings. The summed E-state index contributed by atoms with van der Waals surface area (Å²) in [6.45, 7) is 10.1. The number of ether oxygens (including phenoxy) is 1. The van der Waals surface area contributed by atoms with Gasteiger partial charge in [0.1, 0.15) is 5.75 Å². The van der Waals surface area contributed by atoms with Crippen LogP contribution in [0.5, 0.6) is 5.75 Å². The second-order valence-corrected chi connectivity index (χ2v) is 5.07. The van der Waals surface area contributed by atoms with Gasteiger partial charge in [0, 0.05) is 16.6 Å². The third-order valence-corrected chi connectivity index (χ3v) is 2.69. The van der Waals surface area contributed by atoms with Crippen molar-refractivity contribution in [3.05, 3.63) is 27.7 Å². The van der Waals surface area contributed by atoms with Gasteiger partial charge in [0.05, 0.1) is 6.10 Å². The van der Waals surface area contributed by atoms with Crippen molar-refractivity contribution in [2.24, 2.45) is 0 Å². The molecule has 0 saturated carbocycles. The zero-order valence-electron chi connectivity index (χ0n) is 10.4. The maximum absolute atomic E-state index is 5.87. The Kier molecular flexibility index (Phi) is 5.29. The predicted molar refractivity (Wildman–Crippen MR) is 72.0 cm³/mol. The van der Waals surface area contributed by atoms with Crippen LogP contribution in [0.2, 0.25) is 0 Å². The maximum atomic E-state index is 5.87. The largest absolute Gasteiger partial charge is 0.490 e. The summed E-state index contributed by atoms with van der Waals surface area (Å²) in [6, 6.07) is 4.21. The van der Waals surface area contributed by atoms with Crippen LogP contribution in [-0.4, -0.2) is 12.6 Å². The van der Waals surface area contributed by atoms with Gasteiger partial charge < -0.3 is 10.1 Å². The van der Waals surface area contributed by atoms with E-state index in [1.54, 1.807) is 0 Å². The standard InChI is InChI=1S/C13H20BrNO/c1-5-15-8-11-7-12(14)6-10(4)13(11)16-9(2)3/h6-7,9,15H,5,8H2,1-4H3. The lowest BCUT2D eigenvalue weighted by Crippen LogP contribution is -2.15. The van der Waals surface area contributed by atoms with Gasteiger partial charge in [-0.15, -0.1) is 0 Å². The minimum Gasteiger partial charge on any atom is -0.490 e. The molecular weight excluding hydrogens is 266 g/mol. The minimum absolute atomic E-state index is 0.209. The van der Waals surface area contributed by atoms with E-state index < -0.39 is 0 Å². The van der Waals surface area contributed by atoms with Gasteiger partial charge in [-0.3, -0.25) is 0 Å². The quantitative estimate of drug-likeness (QED) is 0.892. The molecule has 0 aliphatic carbocycles. The molecule has 0 aromatic heterocycles. The molecular formula is C13H20BrNO. The molecule has 0 fully saturated rings. The van der Waals surface area contributed by atoms with E-state index in [0.717, 1.165) is 23.3 Å². The molecule has 1 rings (SSSR count). The van der Waals surface area contributed by atoms with E-state index in [-0.39, 0.29) is 6.10 Å². The Balaban J connectivity index is 3.00. The lowest BCUT2D eigenvalue weighted by atomic mass is 10.1. The second kappa shape index (κ2) is 6.26. The summed E-state index contributed by atoms with van der Waals surface area (Å²) in [7, 11) is 0. The first-order valence-corrected chi connectivity index (χ1v) is 6.50. The van der Waals surface area contributed by atoms with E-state index in [0.29, 0.717) is 0 Å². The minimum atomic E-state index is 0.209. The fraction of sp³-hybridized carbons (Fsp3) is 0.538. The van der Waals surface area contributed by atoms with Gasteiger partial charge in [-0.1, -0.05) is 22.9 Å². The average Bonchev–Trinajstić information content (AvgIpc) is 2.19. The highest BCUT2D eigenvalue weighted by atomic mass is 79.9. The molecule has 0 aliphatic heterocycles. The van der Waals surface area contributed by atoms with Crippen LogP contribution in [0, 0.1) is 6.92 Å². The highest BCUT2D eigenvalue weighted by Gasteiger charge is 2.10. The van der Waals surface area contributed by atoms with Crippen LogP contribution in [0.4, 0.5) is 0 Å². The molecule has 3 heteroatoms. The number of nitrogens with one attached hydrogen (secondary N) is 1. The first-order valence-electron chi connectivity index (χ1n) is 5.71. The molecule has 0 atom stereocenters. The molecule has 1 aromatic rings. The Morgan fingerprint density at radius 3 is 2.62 bits per heavy atom. The molecule has 90 valence electrons. The Bertz CT molecular complexity index is 350. The highest BCUT2D eigenvalue weighted by Crippen LogP contribution is 2.28. The molecule has 0 saturated heterocycles. The van der Waals surface area contributed by atoms with Gasteiger partial charge in [0.25, 0.3) is 0 Å². The summed E-state index contributed by atoms with van der Waals surface area (Å²) in [5.41, 5.74) is 2.39. The molecule has 1 N–H and O–H groups in total. The summed E-state index contributed by atoms with van der Waals surface area (Å²) < 4.78 is 6.97. The maximum Gasteiger partial charge on any atom is 0.127 e. The molecule has 0 radical (unpaired) electrons. The average molecular weight is 286 g/mol. The first kappa shape index (κ1) is 13.5. The number of hydrogen-bond donors (Lipinski definition) is 1.